The first-order valence-electron chi connectivity index (χ1n) is 7.19. The summed E-state index contributed by atoms with van der Waals surface area (Å²) in [5.74, 6) is -0.0131. The lowest BCUT2D eigenvalue weighted by Crippen LogP contribution is -2.49. The molecule has 0 spiro atoms. The molecule has 7 heteroatoms. The zero-order valence-corrected chi connectivity index (χ0v) is 11.9. The Morgan fingerprint density at radius 2 is 1.90 bits per heavy atom. The van der Waals surface area contributed by atoms with E-state index in [1.165, 1.54) is 0 Å². The molecule has 0 aromatic rings. The molecule has 1 aliphatic rings. The van der Waals surface area contributed by atoms with Crippen molar-refractivity contribution in [1.82, 2.24) is 9.80 Å². The third-order valence-corrected chi connectivity index (χ3v) is 3.36. The molecular formula is C13H25F2N3O2. The topological polar surface area (TPSA) is 58.8 Å². The highest BCUT2D eigenvalue weighted by Crippen LogP contribution is 2.05. The zero-order valence-electron chi connectivity index (χ0n) is 11.9. The molecule has 0 bridgehead atoms. The number of rotatable bonds is 9. The summed E-state index contributed by atoms with van der Waals surface area (Å²) in [5.41, 5.74) is 5.45. The number of hydrogen-bond donors (Lipinski definition) is 1. The maximum absolute atomic E-state index is 11.9. The van der Waals surface area contributed by atoms with E-state index in [1.807, 2.05) is 0 Å². The Morgan fingerprint density at radius 1 is 1.20 bits per heavy atom. The fraction of sp³-hybridized carbons (Fsp3) is 0.923. The lowest BCUT2D eigenvalue weighted by atomic mass is 10.2. The van der Waals surface area contributed by atoms with Crippen LogP contribution in [0.5, 0.6) is 0 Å². The van der Waals surface area contributed by atoms with Crippen molar-refractivity contribution < 1.29 is 18.3 Å². The van der Waals surface area contributed by atoms with Gasteiger partial charge in [0.2, 0.25) is 5.91 Å². The van der Waals surface area contributed by atoms with E-state index in [4.69, 9.17) is 10.5 Å². The maximum Gasteiger partial charge on any atom is 0.261 e. The molecule has 20 heavy (non-hydrogen) atoms. The van der Waals surface area contributed by atoms with Crippen LogP contribution in [0.25, 0.3) is 0 Å². The monoisotopic (exact) mass is 293 g/mol. The van der Waals surface area contributed by atoms with Crippen molar-refractivity contribution in [1.29, 1.82) is 0 Å². The molecule has 2 N–H and O–H groups in total. The number of ether oxygens (including phenoxy) is 1. The molecule has 0 aliphatic carbocycles. The van der Waals surface area contributed by atoms with Gasteiger partial charge in [-0.3, -0.25) is 9.69 Å². The fourth-order valence-corrected chi connectivity index (χ4v) is 2.19. The van der Waals surface area contributed by atoms with Gasteiger partial charge in [0, 0.05) is 26.2 Å². The smallest absolute Gasteiger partial charge is 0.261 e. The highest BCUT2D eigenvalue weighted by molar-refractivity contribution is 5.76. The van der Waals surface area contributed by atoms with Crippen molar-refractivity contribution in [3.8, 4) is 0 Å². The van der Waals surface area contributed by atoms with Crippen LogP contribution in [0.3, 0.4) is 0 Å². The highest BCUT2D eigenvalue weighted by Gasteiger charge is 2.20. The molecule has 0 aromatic heterocycles. The summed E-state index contributed by atoms with van der Waals surface area (Å²) in [6.45, 7) is 4.37. The number of nitrogens with zero attached hydrogens (tertiary/aromatic N) is 2. The molecule has 118 valence electrons. The summed E-state index contributed by atoms with van der Waals surface area (Å²) in [5, 5.41) is 0. The summed E-state index contributed by atoms with van der Waals surface area (Å²) < 4.78 is 28.4. The van der Waals surface area contributed by atoms with Crippen molar-refractivity contribution in [2.45, 2.75) is 25.7 Å². The Hall–Kier alpha value is -0.790. The molecule has 1 amide bonds. The van der Waals surface area contributed by atoms with E-state index < -0.39 is 13.0 Å². The largest absolute Gasteiger partial charge is 0.375 e. The van der Waals surface area contributed by atoms with E-state index in [1.54, 1.807) is 4.90 Å². The van der Waals surface area contributed by atoms with E-state index in [0.29, 0.717) is 13.1 Å². The number of piperazine rings is 1. The molecule has 0 aromatic carbocycles. The van der Waals surface area contributed by atoms with E-state index >= 15 is 0 Å². The Morgan fingerprint density at radius 3 is 2.50 bits per heavy atom. The fourth-order valence-electron chi connectivity index (χ4n) is 2.19. The van der Waals surface area contributed by atoms with Gasteiger partial charge in [-0.05, 0) is 25.9 Å². The van der Waals surface area contributed by atoms with Gasteiger partial charge in [0.25, 0.3) is 6.43 Å². The Labute approximate surface area is 119 Å². The predicted molar refractivity (Wildman–Crippen MR) is 72.7 cm³/mol. The van der Waals surface area contributed by atoms with Gasteiger partial charge in [0.15, 0.2) is 0 Å². The van der Waals surface area contributed by atoms with Gasteiger partial charge in [0.1, 0.15) is 6.61 Å². The van der Waals surface area contributed by atoms with Crippen LogP contribution in [0.2, 0.25) is 0 Å². The van der Waals surface area contributed by atoms with Gasteiger partial charge in [-0.1, -0.05) is 0 Å². The third kappa shape index (κ3) is 7.12. The lowest BCUT2D eigenvalue weighted by molar-refractivity contribution is -0.134. The Balaban J connectivity index is 2.09. The van der Waals surface area contributed by atoms with Gasteiger partial charge < -0.3 is 15.4 Å². The van der Waals surface area contributed by atoms with Crippen LogP contribution >= 0.6 is 0 Å². The average molecular weight is 293 g/mol. The molecular weight excluding hydrogens is 268 g/mol. The Bertz CT molecular complexity index is 272. The van der Waals surface area contributed by atoms with Crippen LogP contribution < -0.4 is 5.73 Å². The number of alkyl halides is 2. The summed E-state index contributed by atoms with van der Waals surface area (Å²) in [6.07, 6.45) is -0.172. The second kappa shape index (κ2) is 10.0. The maximum atomic E-state index is 11.9. The van der Waals surface area contributed by atoms with E-state index in [-0.39, 0.29) is 18.9 Å². The van der Waals surface area contributed by atoms with Crippen LogP contribution in [-0.2, 0) is 9.53 Å². The average Bonchev–Trinajstić information content (AvgIpc) is 2.44. The Kier molecular flexibility index (Phi) is 8.64. The van der Waals surface area contributed by atoms with Crippen LogP contribution in [0.4, 0.5) is 8.78 Å². The van der Waals surface area contributed by atoms with Crippen LogP contribution in [-0.4, -0.2) is 74.6 Å². The van der Waals surface area contributed by atoms with Crippen molar-refractivity contribution in [3.05, 3.63) is 0 Å². The van der Waals surface area contributed by atoms with Gasteiger partial charge in [-0.2, -0.15) is 0 Å². The minimum Gasteiger partial charge on any atom is -0.375 e. The third-order valence-electron chi connectivity index (χ3n) is 3.36. The number of hydrogen-bond acceptors (Lipinski definition) is 4. The zero-order chi connectivity index (χ0) is 14.8. The molecule has 5 nitrogen and oxygen atoms in total. The second-order valence-corrected chi connectivity index (χ2v) is 4.93. The number of carbonyl (C=O) groups excluding carboxylic acids is 1. The quantitative estimate of drug-likeness (QED) is 0.631. The first kappa shape index (κ1) is 17.3. The summed E-state index contributed by atoms with van der Waals surface area (Å²) in [6, 6.07) is 0. The second-order valence-electron chi connectivity index (χ2n) is 4.93. The lowest BCUT2D eigenvalue weighted by Gasteiger charge is -2.34. The first-order chi connectivity index (χ1) is 9.63. The number of nitrogens with two attached hydrogens (primary N) is 1. The summed E-state index contributed by atoms with van der Waals surface area (Å²) in [4.78, 5) is 15.9. The van der Waals surface area contributed by atoms with Gasteiger partial charge in [-0.15, -0.1) is 0 Å². The molecule has 1 rings (SSSR count). The van der Waals surface area contributed by atoms with E-state index in [0.717, 1.165) is 39.0 Å². The normalized spacial score (nSPS) is 16.9. The summed E-state index contributed by atoms with van der Waals surface area (Å²) in [7, 11) is 0. The number of amides is 1. The molecule has 0 radical (unpaired) electrons. The molecule has 1 fully saturated rings. The standard InChI is InChI=1S/C13H25F2N3O2/c14-12(15)11-20-10-3-13(19)18-8-6-17(7-9-18)5-2-1-4-16/h12H,1-11,16H2. The molecule has 0 atom stereocenters. The van der Waals surface area contributed by atoms with Gasteiger partial charge in [0.05, 0.1) is 13.0 Å². The van der Waals surface area contributed by atoms with Crippen molar-refractivity contribution >= 4 is 5.91 Å². The minimum absolute atomic E-state index is 0.0131. The van der Waals surface area contributed by atoms with Gasteiger partial charge >= 0.3 is 0 Å². The first-order valence-corrected chi connectivity index (χ1v) is 7.19. The van der Waals surface area contributed by atoms with Crippen molar-refractivity contribution in [2.24, 2.45) is 5.73 Å². The van der Waals surface area contributed by atoms with E-state index in [2.05, 4.69) is 4.90 Å². The number of unbranched alkanes of at least 4 members (excludes halogenated alkanes) is 1. The number of halogens is 2. The molecule has 1 saturated heterocycles. The van der Waals surface area contributed by atoms with Crippen LogP contribution in [0.15, 0.2) is 0 Å². The van der Waals surface area contributed by atoms with Crippen LogP contribution in [0, 0.1) is 0 Å². The van der Waals surface area contributed by atoms with Crippen molar-refractivity contribution in [2.75, 3.05) is 52.5 Å². The van der Waals surface area contributed by atoms with Crippen LogP contribution in [0.1, 0.15) is 19.3 Å². The van der Waals surface area contributed by atoms with E-state index in [9.17, 15) is 13.6 Å². The molecule has 0 unspecified atom stereocenters. The minimum atomic E-state index is -2.47. The van der Waals surface area contributed by atoms with Crippen molar-refractivity contribution in [3.63, 3.8) is 0 Å². The molecule has 1 aliphatic heterocycles. The molecule has 1 heterocycles. The summed E-state index contributed by atoms with van der Waals surface area (Å²) >= 11 is 0. The van der Waals surface area contributed by atoms with Gasteiger partial charge in [-0.25, -0.2) is 8.78 Å². The predicted octanol–water partition coefficient (Wildman–Crippen LogP) is 0.541. The SMILES string of the molecule is NCCCCN1CCN(C(=O)CCOCC(F)F)CC1. The highest BCUT2D eigenvalue weighted by atomic mass is 19.3. The molecule has 0 saturated carbocycles. The number of carbonyl (C=O) groups is 1.